The van der Waals surface area contributed by atoms with Gasteiger partial charge in [-0.25, -0.2) is 0 Å². The molecule has 0 unspecified atom stereocenters. The van der Waals surface area contributed by atoms with Gasteiger partial charge in [0, 0.05) is 9.90 Å². The van der Waals surface area contributed by atoms with Gasteiger partial charge in [0.15, 0.2) is 0 Å². The minimum atomic E-state index is -1.50. The molecule has 12 nitrogen and oxygen atoms in total. The Balaban J connectivity index is -0.0000000450. The van der Waals surface area contributed by atoms with Crippen LogP contribution in [-0.2, 0) is 0 Å². The van der Waals surface area contributed by atoms with Crippen molar-refractivity contribution >= 4 is 9.90 Å². The molecule has 0 bridgehead atoms. The molecule has 13 heavy (non-hydrogen) atoms. The Hall–Kier alpha value is -1.97. The largest absolute Gasteiger partial charge is 0.328 e. The third-order valence-electron chi connectivity index (χ3n) is 0. The van der Waals surface area contributed by atoms with Crippen LogP contribution in [0.1, 0.15) is 0 Å². The molecule has 0 aromatic rings. The van der Waals surface area contributed by atoms with E-state index >= 15 is 0 Å². The van der Waals surface area contributed by atoms with Crippen molar-refractivity contribution in [1.29, 1.82) is 0 Å². The van der Waals surface area contributed by atoms with E-state index in [-0.39, 0.29) is 9.90 Å². The van der Waals surface area contributed by atoms with E-state index in [9.17, 15) is 0 Å². The summed E-state index contributed by atoms with van der Waals surface area (Å²) in [4.78, 5) is 25.1. The van der Waals surface area contributed by atoms with Gasteiger partial charge in [0.05, 0.1) is 0 Å². The first-order valence-electron chi connectivity index (χ1n) is 1.70. The molecule has 13 heteroatoms. The third kappa shape index (κ3) is 167. The van der Waals surface area contributed by atoms with E-state index in [2.05, 4.69) is 0 Å². The van der Waals surface area contributed by atoms with Crippen molar-refractivity contribution in [2.75, 3.05) is 0 Å². The average molecular weight is 220 g/mol. The van der Waals surface area contributed by atoms with Crippen LogP contribution in [0, 0.1) is 30.3 Å². The van der Waals surface area contributed by atoms with Crippen LogP contribution in [0.15, 0.2) is 0 Å². The van der Waals surface area contributed by atoms with E-state index in [0.29, 0.717) is 0 Å². The zero-order valence-electron chi connectivity index (χ0n) is 5.58. The van der Waals surface area contributed by atoms with Crippen LogP contribution in [0.4, 0.5) is 0 Å². The summed E-state index contributed by atoms with van der Waals surface area (Å²) >= 11 is 0. The first kappa shape index (κ1) is 22.5. The smallest absolute Gasteiger partial charge is 0.291 e. The average Bonchev–Trinajstić information content (AvgIpc) is 1.54. The Labute approximate surface area is 72.3 Å². The van der Waals surface area contributed by atoms with Crippen LogP contribution < -0.4 is 0 Å². The van der Waals surface area contributed by atoms with Gasteiger partial charge in [0.1, 0.15) is 0 Å². The van der Waals surface area contributed by atoms with Crippen LogP contribution in [-0.4, -0.2) is 30.9 Å². The molecule has 0 aromatic carbocycles. The summed E-state index contributed by atoms with van der Waals surface area (Å²) in [5, 5.41) is 40.9. The quantitative estimate of drug-likeness (QED) is 0.282. The topological polar surface area (TPSA) is 190 Å². The number of rotatable bonds is 0. The van der Waals surface area contributed by atoms with Crippen molar-refractivity contribution in [2.45, 2.75) is 0 Å². The molecule has 0 saturated carbocycles. The summed E-state index contributed by atoms with van der Waals surface area (Å²) in [6, 6.07) is 0. The highest BCUT2D eigenvalue weighted by Crippen LogP contribution is 1.39. The van der Waals surface area contributed by atoms with Gasteiger partial charge in [0.2, 0.25) is 0 Å². The van der Waals surface area contributed by atoms with Gasteiger partial charge in [0.25, 0.3) is 15.3 Å². The summed E-state index contributed by atoms with van der Waals surface area (Å²) in [7, 11) is 0. The second kappa shape index (κ2) is 16.5. The van der Waals surface area contributed by atoms with Crippen molar-refractivity contribution in [2.24, 2.45) is 0 Å². The Bertz CT molecular complexity index is 112. The molecule has 0 aliphatic rings. The predicted molar refractivity (Wildman–Crippen MR) is 33.3 cm³/mol. The first-order chi connectivity index (χ1) is 5.20. The molecule has 3 N–H and O–H groups in total. The molecule has 0 aliphatic carbocycles. The molecule has 77 valence electrons. The van der Waals surface area contributed by atoms with Gasteiger partial charge in [-0.1, -0.05) is 0 Å². The standard InChI is InChI=1S/3HNO3.P/c3*2-1(3)4;/h3*(H,2,3,4);. The molecule has 0 aromatic heterocycles. The maximum Gasteiger partial charge on any atom is 0.291 e. The van der Waals surface area contributed by atoms with Gasteiger partial charge in [-0.05, 0) is 0 Å². The minimum Gasteiger partial charge on any atom is -0.328 e. The van der Waals surface area contributed by atoms with Crippen LogP contribution in [0.2, 0.25) is 0 Å². The van der Waals surface area contributed by atoms with Crippen molar-refractivity contribution in [3.8, 4) is 0 Å². The first-order valence-corrected chi connectivity index (χ1v) is 1.70. The van der Waals surface area contributed by atoms with Crippen molar-refractivity contribution in [1.82, 2.24) is 0 Å². The lowest BCUT2D eigenvalue weighted by Crippen LogP contribution is -1.81. The second-order valence-corrected chi connectivity index (χ2v) is 0.714. The molecule has 0 saturated heterocycles. The van der Waals surface area contributed by atoms with E-state index in [0.717, 1.165) is 0 Å². The molecular formula is H3N3O9P. The van der Waals surface area contributed by atoms with Gasteiger partial charge in [-0.2, -0.15) is 0 Å². The molecule has 0 amide bonds. The maximum absolute atomic E-state index is 8.36. The summed E-state index contributed by atoms with van der Waals surface area (Å²) < 4.78 is 0. The Morgan fingerprint density at radius 1 is 0.692 bits per heavy atom. The fourth-order valence-electron chi connectivity index (χ4n) is 0. The lowest BCUT2D eigenvalue weighted by Gasteiger charge is -1.56. The van der Waals surface area contributed by atoms with Gasteiger partial charge in [-0.15, -0.1) is 30.3 Å². The minimum absolute atomic E-state index is 0. The van der Waals surface area contributed by atoms with Crippen LogP contribution in [0.3, 0.4) is 0 Å². The predicted octanol–water partition coefficient (Wildman–Crippen LogP) is -0.182. The van der Waals surface area contributed by atoms with Crippen molar-refractivity contribution in [3.63, 3.8) is 0 Å². The van der Waals surface area contributed by atoms with Crippen LogP contribution in [0.5, 0.6) is 0 Å². The molecule has 0 fully saturated rings. The molecule has 0 rings (SSSR count). The normalized spacial score (nSPS) is 5.54. The van der Waals surface area contributed by atoms with Crippen molar-refractivity contribution in [3.05, 3.63) is 30.3 Å². The zero-order valence-corrected chi connectivity index (χ0v) is 6.47. The SMILES string of the molecule is O=[N+]([O-])O.O=[N+]([O-])O.O=[N+]([O-])O.[P]. The Morgan fingerprint density at radius 3 is 0.692 bits per heavy atom. The lowest BCUT2D eigenvalue weighted by atomic mass is 13.1. The Morgan fingerprint density at radius 2 is 0.692 bits per heavy atom. The van der Waals surface area contributed by atoms with E-state index in [1.807, 2.05) is 0 Å². The second-order valence-electron chi connectivity index (χ2n) is 0.714. The lowest BCUT2D eigenvalue weighted by molar-refractivity contribution is -0.742. The van der Waals surface area contributed by atoms with Crippen molar-refractivity contribution < 1.29 is 30.9 Å². The number of nitrogens with zero attached hydrogens (tertiary/aromatic N) is 3. The summed E-state index contributed by atoms with van der Waals surface area (Å²) in [5.41, 5.74) is 0. The van der Waals surface area contributed by atoms with Gasteiger partial charge < -0.3 is 15.6 Å². The zero-order chi connectivity index (χ0) is 10.7. The fraction of sp³-hybridized carbons (Fsp3) is 0. The monoisotopic (exact) mass is 220 g/mol. The highest BCUT2D eigenvalue weighted by molar-refractivity contribution is 6.92. The maximum atomic E-state index is 8.36. The molecule has 3 radical (unpaired) electrons. The third-order valence-corrected chi connectivity index (χ3v) is 0. The molecule has 0 atom stereocenters. The van der Waals surface area contributed by atoms with E-state index in [1.54, 1.807) is 0 Å². The molecule has 0 aliphatic heterocycles. The van der Waals surface area contributed by atoms with Gasteiger partial charge in [-0.3, -0.25) is 0 Å². The summed E-state index contributed by atoms with van der Waals surface area (Å²) in [6.45, 7) is 0. The van der Waals surface area contributed by atoms with Crippen LogP contribution >= 0.6 is 9.90 Å². The van der Waals surface area contributed by atoms with Crippen LogP contribution in [0.25, 0.3) is 0 Å². The number of hydrogen-bond donors (Lipinski definition) is 3. The van der Waals surface area contributed by atoms with Gasteiger partial charge >= 0.3 is 0 Å². The molecular weight excluding hydrogens is 217 g/mol. The van der Waals surface area contributed by atoms with E-state index < -0.39 is 15.3 Å². The summed E-state index contributed by atoms with van der Waals surface area (Å²) in [6.07, 6.45) is 0. The van der Waals surface area contributed by atoms with E-state index in [4.69, 9.17) is 46.0 Å². The summed E-state index contributed by atoms with van der Waals surface area (Å²) in [5.74, 6) is 0. The molecule has 0 spiro atoms. The highest BCUT2D eigenvalue weighted by Gasteiger charge is 1.66. The molecule has 0 heterocycles. The number of hydrogen-bond acceptors (Lipinski definition) is 6. The highest BCUT2D eigenvalue weighted by atomic mass is 31.0. The Kier molecular flexibility index (Phi) is 28.6. The van der Waals surface area contributed by atoms with E-state index in [1.165, 1.54) is 0 Å². The fourth-order valence-corrected chi connectivity index (χ4v) is 0.